The van der Waals surface area contributed by atoms with Gasteiger partial charge < -0.3 is 19.9 Å². The van der Waals surface area contributed by atoms with Gasteiger partial charge in [0, 0.05) is 13.0 Å². The van der Waals surface area contributed by atoms with Gasteiger partial charge in [-0.2, -0.15) is 0 Å². The minimum Gasteiger partial charge on any atom is -0.505 e. The standard InChI is InChI=1S/C25H31BFNO7/c1-2-6-15-11-17-22(25(33)28(24(17)32)10-5-3-4-7-21(30)31)16-13-20(35-26(34)23(15)16)14-8-9-19(29)18(27)12-14/h8-9,12,16-17,20,22,29,34H,2-7,10-11,13H2,1H3,(H,30,31)/t16-,17-,20-,22+/m0/s1. The van der Waals surface area contributed by atoms with E-state index in [-0.39, 0.29) is 24.8 Å². The van der Waals surface area contributed by atoms with Crippen molar-refractivity contribution >= 4 is 24.9 Å². The number of nitrogens with zero attached hydrogens (tertiary/aromatic N) is 1. The Labute approximate surface area is 203 Å². The van der Waals surface area contributed by atoms with Crippen molar-refractivity contribution in [2.75, 3.05) is 6.54 Å². The number of carboxylic acid groups (broad SMARTS) is 1. The summed E-state index contributed by atoms with van der Waals surface area (Å²) in [5.74, 6) is -4.14. The third-order valence-electron chi connectivity index (χ3n) is 7.47. The molecule has 0 saturated carbocycles. The molecule has 0 bridgehead atoms. The van der Waals surface area contributed by atoms with Gasteiger partial charge in [-0.15, -0.1) is 0 Å². The highest BCUT2D eigenvalue weighted by Crippen LogP contribution is 2.52. The van der Waals surface area contributed by atoms with Crippen molar-refractivity contribution in [3.05, 3.63) is 40.6 Å². The summed E-state index contributed by atoms with van der Waals surface area (Å²) in [7, 11) is -1.26. The van der Waals surface area contributed by atoms with Gasteiger partial charge in [-0.25, -0.2) is 4.39 Å². The van der Waals surface area contributed by atoms with E-state index in [0.717, 1.165) is 12.0 Å². The largest absolute Gasteiger partial charge is 0.505 e. The van der Waals surface area contributed by atoms with Crippen LogP contribution < -0.4 is 0 Å². The highest BCUT2D eigenvalue weighted by molar-refractivity contribution is 6.53. The minimum atomic E-state index is -1.26. The van der Waals surface area contributed by atoms with E-state index >= 15 is 0 Å². The van der Waals surface area contributed by atoms with E-state index in [1.165, 1.54) is 23.1 Å². The van der Waals surface area contributed by atoms with Gasteiger partial charge in [0.25, 0.3) is 0 Å². The third-order valence-corrected chi connectivity index (χ3v) is 7.47. The van der Waals surface area contributed by atoms with Crippen molar-refractivity contribution in [1.82, 2.24) is 4.90 Å². The first-order valence-corrected chi connectivity index (χ1v) is 12.3. The lowest BCUT2D eigenvalue weighted by molar-refractivity contribution is -0.141. The topological polar surface area (TPSA) is 124 Å². The van der Waals surface area contributed by atoms with Gasteiger partial charge in [-0.05, 0) is 61.2 Å². The fourth-order valence-corrected chi connectivity index (χ4v) is 5.90. The molecule has 4 rings (SSSR count). The van der Waals surface area contributed by atoms with E-state index in [1.54, 1.807) is 0 Å². The zero-order chi connectivity index (χ0) is 25.3. The molecule has 0 radical (unpaired) electrons. The molecule has 1 aromatic rings. The Morgan fingerprint density at radius 3 is 2.66 bits per heavy atom. The van der Waals surface area contributed by atoms with Crippen molar-refractivity contribution in [1.29, 1.82) is 0 Å². The van der Waals surface area contributed by atoms with Crippen LogP contribution in [0.5, 0.6) is 5.75 Å². The molecule has 0 spiro atoms. The molecule has 8 nitrogen and oxygen atoms in total. The number of phenolic OH excluding ortho intramolecular Hbond substituents is 1. The maximum absolute atomic E-state index is 14.0. The van der Waals surface area contributed by atoms with Gasteiger partial charge in [-0.3, -0.25) is 19.3 Å². The number of imide groups is 1. The van der Waals surface area contributed by atoms with Gasteiger partial charge in [-0.1, -0.05) is 31.4 Å². The zero-order valence-corrected chi connectivity index (χ0v) is 19.8. The Hall–Kier alpha value is -2.72. The predicted octanol–water partition coefficient (Wildman–Crippen LogP) is 3.38. The summed E-state index contributed by atoms with van der Waals surface area (Å²) in [6.45, 7) is 2.26. The summed E-state index contributed by atoms with van der Waals surface area (Å²) in [6, 6.07) is 3.93. The molecule has 35 heavy (non-hydrogen) atoms. The number of unbranched alkanes of at least 4 members (excludes halogenated alkanes) is 2. The monoisotopic (exact) mass is 487 g/mol. The summed E-state index contributed by atoms with van der Waals surface area (Å²) in [6.07, 6.45) is 3.22. The zero-order valence-electron chi connectivity index (χ0n) is 19.8. The van der Waals surface area contributed by atoms with Crippen LogP contribution >= 0.6 is 0 Å². The molecule has 2 heterocycles. The molecule has 10 heteroatoms. The number of halogens is 1. The lowest BCUT2D eigenvalue weighted by Crippen LogP contribution is -2.45. The number of aromatic hydroxyl groups is 1. The van der Waals surface area contributed by atoms with E-state index in [4.69, 9.17) is 9.76 Å². The number of carbonyl (C=O) groups is 3. The molecular weight excluding hydrogens is 456 g/mol. The molecule has 4 atom stereocenters. The number of allylic oxidation sites excluding steroid dienone is 2. The molecule has 0 unspecified atom stereocenters. The number of benzene rings is 1. The fraction of sp³-hybridized carbons (Fsp3) is 0.560. The maximum Gasteiger partial charge on any atom is 0.487 e. The lowest BCUT2D eigenvalue weighted by Gasteiger charge is -2.42. The molecule has 3 aliphatic rings. The van der Waals surface area contributed by atoms with Crippen molar-refractivity contribution in [3.63, 3.8) is 0 Å². The second-order valence-electron chi connectivity index (χ2n) is 9.71. The van der Waals surface area contributed by atoms with Crippen LogP contribution in [0.3, 0.4) is 0 Å². The number of hydrogen-bond acceptors (Lipinski definition) is 6. The molecule has 3 N–H and O–H groups in total. The molecule has 0 aromatic heterocycles. The normalized spacial score (nSPS) is 26.3. The van der Waals surface area contributed by atoms with Crippen molar-refractivity contribution in [3.8, 4) is 5.75 Å². The molecule has 2 saturated heterocycles. The predicted molar refractivity (Wildman–Crippen MR) is 124 cm³/mol. The van der Waals surface area contributed by atoms with E-state index < -0.39 is 48.5 Å². The van der Waals surface area contributed by atoms with Crippen LogP contribution in [0.4, 0.5) is 4.39 Å². The molecular formula is C25H31BFNO7. The van der Waals surface area contributed by atoms with Crippen LogP contribution in [-0.4, -0.2) is 51.6 Å². The van der Waals surface area contributed by atoms with Gasteiger partial charge in [0.05, 0.1) is 17.9 Å². The number of carbonyl (C=O) groups excluding carboxylic acids is 2. The Bertz CT molecular complexity index is 1040. The molecule has 2 amide bonds. The van der Waals surface area contributed by atoms with Crippen LogP contribution in [0.25, 0.3) is 0 Å². The summed E-state index contributed by atoms with van der Waals surface area (Å²) < 4.78 is 19.9. The third kappa shape index (κ3) is 5.00. The minimum absolute atomic E-state index is 0.0556. The summed E-state index contributed by atoms with van der Waals surface area (Å²) in [5, 5.41) is 29.3. The first-order chi connectivity index (χ1) is 16.7. The summed E-state index contributed by atoms with van der Waals surface area (Å²) >= 11 is 0. The number of amides is 2. The average molecular weight is 487 g/mol. The number of phenols is 1. The lowest BCUT2D eigenvalue weighted by atomic mass is 9.54. The Morgan fingerprint density at radius 2 is 1.97 bits per heavy atom. The van der Waals surface area contributed by atoms with E-state index in [1.807, 2.05) is 6.92 Å². The fourth-order valence-electron chi connectivity index (χ4n) is 5.90. The first-order valence-electron chi connectivity index (χ1n) is 12.3. The maximum atomic E-state index is 14.0. The van der Waals surface area contributed by atoms with Crippen molar-refractivity contribution < 1.29 is 38.7 Å². The number of aliphatic carboxylic acids is 1. The summed E-state index contributed by atoms with van der Waals surface area (Å²) in [4.78, 5) is 38.8. The molecule has 2 aliphatic heterocycles. The van der Waals surface area contributed by atoms with Crippen LogP contribution in [0.15, 0.2) is 29.2 Å². The van der Waals surface area contributed by atoms with Crippen LogP contribution in [0.2, 0.25) is 0 Å². The van der Waals surface area contributed by atoms with Crippen molar-refractivity contribution in [2.24, 2.45) is 17.8 Å². The highest BCUT2D eigenvalue weighted by atomic mass is 19.1. The Morgan fingerprint density at radius 1 is 1.20 bits per heavy atom. The van der Waals surface area contributed by atoms with E-state index in [2.05, 4.69) is 0 Å². The second kappa shape index (κ2) is 10.5. The number of likely N-dealkylation sites (tertiary alicyclic amines) is 1. The first kappa shape index (κ1) is 25.4. The van der Waals surface area contributed by atoms with Gasteiger partial charge in [0.2, 0.25) is 11.8 Å². The molecule has 188 valence electrons. The van der Waals surface area contributed by atoms with Gasteiger partial charge in [0.15, 0.2) is 11.6 Å². The quantitative estimate of drug-likeness (QED) is 0.277. The van der Waals surface area contributed by atoms with E-state index in [9.17, 15) is 28.9 Å². The Balaban J connectivity index is 1.58. The van der Waals surface area contributed by atoms with Crippen molar-refractivity contribution in [2.45, 2.75) is 64.4 Å². The van der Waals surface area contributed by atoms with Crippen LogP contribution in [0, 0.1) is 23.6 Å². The Kier molecular flexibility index (Phi) is 7.61. The number of rotatable bonds is 9. The van der Waals surface area contributed by atoms with E-state index in [0.29, 0.717) is 49.6 Å². The van der Waals surface area contributed by atoms with Crippen LogP contribution in [-0.2, 0) is 19.0 Å². The molecule has 1 aliphatic carbocycles. The van der Waals surface area contributed by atoms with Crippen LogP contribution in [0.1, 0.15) is 70.0 Å². The molecule has 2 fully saturated rings. The number of fused-ring (bicyclic) bond motifs is 3. The van der Waals surface area contributed by atoms with Gasteiger partial charge in [0.1, 0.15) is 0 Å². The molecule has 1 aromatic carbocycles. The summed E-state index contributed by atoms with van der Waals surface area (Å²) in [5.41, 5.74) is 2.07. The second-order valence-corrected chi connectivity index (χ2v) is 9.71. The highest BCUT2D eigenvalue weighted by Gasteiger charge is 2.57. The smallest absolute Gasteiger partial charge is 0.487 e. The SMILES string of the molecule is CCCC1=C2B(O)O[C@H](c3ccc(O)c(F)c3)C[C@H]2[C@H]2C(=O)N(CCCCCC(=O)O)C(=O)[C@H]2C1. The average Bonchev–Trinajstić information content (AvgIpc) is 3.05. The van der Waals surface area contributed by atoms with Gasteiger partial charge >= 0.3 is 13.1 Å². The number of hydrogen-bond donors (Lipinski definition) is 3. The number of carboxylic acids is 1.